The van der Waals surface area contributed by atoms with Gasteiger partial charge in [-0.15, -0.1) is 0 Å². The number of aromatic nitrogens is 1. The molecule has 1 saturated heterocycles. The van der Waals surface area contributed by atoms with Gasteiger partial charge < -0.3 is 15.4 Å². The molecule has 0 aromatic carbocycles. The topological polar surface area (TPSA) is 85.5 Å². The number of nitrogens with two attached hydrogens (primary N) is 1. The van der Waals surface area contributed by atoms with Crippen LogP contribution in [0.5, 0.6) is 5.88 Å². The maximum absolute atomic E-state index is 12.6. The highest BCUT2D eigenvalue weighted by molar-refractivity contribution is 6.29. The van der Waals surface area contributed by atoms with Crippen molar-refractivity contribution in [1.29, 1.82) is 0 Å². The Kier molecular flexibility index (Phi) is 4.80. The summed E-state index contributed by atoms with van der Waals surface area (Å²) in [7, 11) is 1.45. The molecule has 2 rings (SSSR count). The maximum Gasteiger partial charge on any atom is 0.254 e. The molecule has 114 valence electrons. The quantitative estimate of drug-likeness (QED) is 0.846. The van der Waals surface area contributed by atoms with Gasteiger partial charge in [0.2, 0.25) is 5.88 Å². The van der Waals surface area contributed by atoms with Crippen LogP contribution >= 0.6 is 11.6 Å². The van der Waals surface area contributed by atoms with Gasteiger partial charge >= 0.3 is 0 Å². The van der Waals surface area contributed by atoms with Crippen LogP contribution in [0, 0.1) is 0 Å². The summed E-state index contributed by atoms with van der Waals surface area (Å²) in [6.07, 6.45) is 1.42. The van der Waals surface area contributed by atoms with Gasteiger partial charge in [-0.1, -0.05) is 11.6 Å². The van der Waals surface area contributed by atoms with E-state index in [0.29, 0.717) is 18.5 Å². The summed E-state index contributed by atoms with van der Waals surface area (Å²) in [5.74, 6) is -0.109. The minimum atomic E-state index is -0.584. The van der Waals surface area contributed by atoms with Crippen LogP contribution in [0.25, 0.3) is 0 Å². The van der Waals surface area contributed by atoms with Crippen molar-refractivity contribution in [1.82, 2.24) is 9.88 Å². The molecule has 0 bridgehead atoms. The summed E-state index contributed by atoms with van der Waals surface area (Å²) in [4.78, 5) is 30.2. The summed E-state index contributed by atoms with van der Waals surface area (Å²) in [5.41, 5.74) is 6.01. The molecule has 1 amide bonds. The third-order valence-electron chi connectivity index (χ3n) is 3.52. The molecule has 0 spiro atoms. The zero-order valence-electron chi connectivity index (χ0n) is 12.0. The molecule has 1 unspecified atom stereocenters. The third-order valence-corrected chi connectivity index (χ3v) is 3.71. The summed E-state index contributed by atoms with van der Waals surface area (Å²) < 4.78 is 5.01. The Morgan fingerprint density at radius 3 is 2.86 bits per heavy atom. The van der Waals surface area contributed by atoms with Crippen molar-refractivity contribution in [3.05, 3.63) is 22.8 Å². The number of hydrogen-bond acceptors (Lipinski definition) is 5. The molecule has 2 heterocycles. The second-order valence-electron chi connectivity index (χ2n) is 5.07. The first kappa shape index (κ1) is 15.7. The number of likely N-dealkylation sites (tertiary alicyclic amines) is 1. The van der Waals surface area contributed by atoms with Crippen molar-refractivity contribution in [2.75, 3.05) is 13.7 Å². The van der Waals surface area contributed by atoms with E-state index in [9.17, 15) is 9.59 Å². The SMILES string of the molecule is COc1cc(C(=O)N2CCC[C@H]2C(=O)C(C)N)cc(Cl)n1. The minimum Gasteiger partial charge on any atom is -0.481 e. The molecule has 6 nitrogen and oxygen atoms in total. The molecule has 1 aromatic rings. The predicted octanol–water partition coefficient (Wildman–Crippen LogP) is 1.26. The molecule has 21 heavy (non-hydrogen) atoms. The molecule has 0 aliphatic carbocycles. The van der Waals surface area contributed by atoms with E-state index in [-0.39, 0.29) is 22.7 Å². The Bertz CT molecular complexity index is 562. The van der Waals surface area contributed by atoms with Crippen LogP contribution in [0.2, 0.25) is 5.15 Å². The number of nitrogens with zero attached hydrogens (tertiary/aromatic N) is 2. The van der Waals surface area contributed by atoms with Crippen LogP contribution in [-0.4, -0.2) is 47.3 Å². The van der Waals surface area contributed by atoms with Gasteiger partial charge in [0.05, 0.1) is 19.2 Å². The van der Waals surface area contributed by atoms with Crippen LogP contribution in [0.3, 0.4) is 0 Å². The lowest BCUT2D eigenvalue weighted by atomic mass is 10.0. The number of carbonyl (C=O) groups is 2. The predicted molar refractivity (Wildman–Crippen MR) is 78.5 cm³/mol. The first-order valence-corrected chi connectivity index (χ1v) is 7.13. The molecule has 1 fully saturated rings. The molecular weight excluding hydrogens is 294 g/mol. The maximum atomic E-state index is 12.6. The lowest BCUT2D eigenvalue weighted by Crippen LogP contribution is -2.46. The number of rotatable bonds is 4. The molecule has 7 heteroatoms. The fraction of sp³-hybridized carbons (Fsp3) is 0.500. The van der Waals surface area contributed by atoms with Crippen molar-refractivity contribution < 1.29 is 14.3 Å². The normalized spacial score (nSPS) is 19.4. The summed E-state index contributed by atoms with van der Waals surface area (Å²) in [6.45, 7) is 2.17. The average Bonchev–Trinajstić information content (AvgIpc) is 2.93. The lowest BCUT2D eigenvalue weighted by molar-refractivity contribution is -0.123. The van der Waals surface area contributed by atoms with Crippen LogP contribution in [0.15, 0.2) is 12.1 Å². The highest BCUT2D eigenvalue weighted by atomic mass is 35.5. The molecular formula is C14H18ClN3O3. The van der Waals surface area contributed by atoms with Crippen molar-refractivity contribution in [3.8, 4) is 5.88 Å². The van der Waals surface area contributed by atoms with Crippen LogP contribution in [0.1, 0.15) is 30.1 Å². The van der Waals surface area contributed by atoms with Gasteiger partial charge in [-0.2, -0.15) is 0 Å². The number of ether oxygens (including phenoxy) is 1. The lowest BCUT2D eigenvalue weighted by Gasteiger charge is -2.25. The van der Waals surface area contributed by atoms with E-state index in [0.717, 1.165) is 6.42 Å². The Balaban J connectivity index is 2.26. The van der Waals surface area contributed by atoms with E-state index >= 15 is 0 Å². The van der Waals surface area contributed by atoms with Crippen molar-refractivity contribution >= 4 is 23.3 Å². The fourth-order valence-corrected chi connectivity index (χ4v) is 2.68. The first-order valence-electron chi connectivity index (χ1n) is 6.76. The van der Waals surface area contributed by atoms with Gasteiger partial charge in [0.15, 0.2) is 5.78 Å². The van der Waals surface area contributed by atoms with Gasteiger partial charge in [-0.25, -0.2) is 4.98 Å². The molecule has 0 saturated carbocycles. The number of halogens is 1. The third kappa shape index (κ3) is 3.33. The average molecular weight is 312 g/mol. The number of ketones is 1. The summed E-state index contributed by atoms with van der Waals surface area (Å²) >= 11 is 5.88. The van der Waals surface area contributed by atoms with E-state index in [2.05, 4.69) is 4.98 Å². The Hall–Kier alpha value is -1.66. The van der Waals surface area contributed by atoms with E-state index in [1.54, 1.807) is 11.8 Å². The van der Waals surface area contributed by atoms with Crippen molar-refractivity contribution in [3.63, 3.8) is 0 Å². The second kappa shape index (κ2) is 6.41. The minimum absolute atomic E-state index is 0.118. The molecule has 0 radical (unpaired) electrons. The zero-order valence-corrected chi connectivity index (χ0v) is 12.8. The summed E-state index contributed by atoms with van der Waals surface area (Å²) in [5, 5.41) is 0.173. The number of carbonyl (C=O) groups excluding carboxylic acids is 2. The molecule has 1 aromatic heterocycles. The number of pyridine rings is 1. The molecule has 2 atom stereocenters. The number of hydrogen-bond donors (Lipinski definition) is 1. The van der Waals surface area contributed by atoms with E-state index in [1.165, 1.54) is 19.2 Å². The highest BCUT2D eigenvalue weighted by Crippen LogP contribution is 2.24. The standard InChI is InChI=1S/C14H18ClN3O3/c1-8(16)13(19)10-4-3-5-18(10)14(20)9-6-11(15)17-12(7-9)21-2/h6-8,10H,3-5,16H2,1-2H3/t8?,10-/m0/s1. The monoisotopic (exact) mass is 311 g/mol. The summed E-state index contributed by atoms with van der Waals surface area (Å²) in [6, 6.07) is 1.94. The second-order valence-corrected chi connectivity index (χ2v) is 5.46. The van der Waals surface area contributed by atoms with Crippen molar-refractivity contribution in [2.45, 2.75) is 31.8 Å². The van der Waals surface area contributed by atoms with Crippen molar-refractivity contribution in [2.24, 2.45) is 5.73 Å². The Morgan fingerprint density at radius 1 is 1.52 bits per heavy atom. The van der Waals surface area contributed by atoms with E-state index in [4.69, 9.17) is 22.1 Å². The fourth-order valence-electron chi connectivity index (χ4n) is 2.48. The van der Waals surface area contributed by atoms with Crippen LogP contribution in [-0.2, 0) is 4.79 Å². The first-order chi connectivity index (χ1) is 9.93. The molecule has 1 aliphatic rings. The van der Waals surface area contributed by atoms with Crippen LogP contribution in [0.4, 0.5) is 0 Å². The number of methoxy groups -OCH3 is 1. The van der Waals surface area contributed by atoms with E-state index in [1.807, 2.05) is 0 Å². The zero-order chi connectivity index (χ0) is 15.6. The number of Topliss-reactive ketones (excluding diaryl/α,β-unsaturated/α-hetero) is 1. The van der Waals surface area contributed by atoms with Gasteiger partial charge in [0.25, 0.3) is 5.91 Å². The van der Waals surface area contributed by atoms with Gasteiger partial charge in [-0.3, -0.25) is 9.59 Å². The Labute approximate surface area is 128 Å². The number of amides is 1. The Morgan fingerprint density at radius 2 is 2.24 bits per heavy atom. The van der Waals surface area contributed by atoms with Gasteiger partial charge in [-0.05, 0) is 25.8 Å². The smallest absolute Gasteiger partial charge is 0.254 e. The van der Waals surface area contributed by atoms with Gasteiger partial charge in [0, 0.05) is 18.2 Å². The molecule has 2 N–H and O–H groups in total. The largest absolute Gasteiger partial charge is 0.481 e. The highest BCUT2D eigenvalue weighted by Gasteiger charge is 2.35. The van der Waals surface area contributed by atoms with E-state index < -0.39 is 12.1 Å². The molecule has 1 aliphatic heterocycles. The van der Waals surface area contributed by atoms with Gasteiger partial charge in [0.1, 0.15) is 5.15 Å². The van der Waals surface area contributed by atoms with Crippen LogP contribution < -0.4 is 10.5 Å².